The molecule has 0 aromatic heterocycles. The van der Waals surface area contributed by atoms with E-state index < -0.39 is 23.5 Å². The highest BCUT2D eigenvalue weighted by Gasteiger charge is 2.46. The smallest absolute Gasteiger partial charge is 0.295 e. The van der Waals surface area contributed by atoms with Crippen molar-refractivity contribution in [3.63, 3.8) is 0 Å². The number of rotatable bonds is 8. The number of aliphatic hydroxyl groups excluding tert-OH is 1. The summed E-state index contributed by atoms with van der Waals surface area (Å²) in [5.74, 6) is -1.35. The third-order valence-electron chi connectivity index (χ3n) is 6.36. The third-order valence-corrected chi connectivity index (χ3v) is 6.36. The topological polar surface area (TPSA) is 88.5 Å². The Labute approximate surface area is 203 Å². The monoisotopic (exact) mass is 484 g/mol. The van der Waals surface area contributed by atoms with Crippen LogP contribution in [0.1, 0.15) is 23.6 Å². The molecule has 1 atom stereocenters. The van der Waals surface area contributed by atoms with Crippen LogP contribution in [0.5, 0.6) is 11.5 Å². The van der Waals surface area contributed by atoms with E-state index in [0.29, 0.717) is 43.2 Å². The molecule has 2 aliphatic heterocycles. The molecule has 0 unspecified atom stereocenters. The van der Waals surface area contributed by atoms with Crippen LogP contribution in [0.4, 0.5) is 4.39 Å². The molecule has 2 aromatic carbocycles. The van der Waals surface area contributed by atoms with E-state index in [9.17, 15) is 19.1 Å². The number of aliphatic hydroxyl groups is 1. The first-order chi connectivity index (χ1) is 16.9. The Hall–Kier alpha value is -3.43. The highest BCUT2D eigenvalue weighted by Crippen LogP contribution is 2.42. The van der Waals surface area contributed by atoms with Crippen molar-refractivity contribution in [3.8, 4) is 11.5 Å². The molecule has 0 bridgehead atoms. The second-order valence-electron chi connectivity index (χ2n) is 8.42. The van der Waals surface area contributed by atoms with Crippen LogP contribution in [0.15, 0.2) is 48.0 Å². The van der Waals surface area contributed by atoms with Gasteiger partial charge in [-0.15, -0.1) is 0 Å². The molecule has 1 N–H and O–H groups in total. The maximum Gasteiger partial charge on any atom is 0.295 e. The minimum atomic E-state index is -0.829. The molecule has 1 amide bonds. The largest absolute Gasteiger partial charge is 0.507 e. The summed E-state index contributed by atoms with van der Waals surface area (Å²) in [4.78, 5) is 30.0. The van der Waals surface area contributed by atoms with E-state index in [4.69, 9.17) is 14.2 Å². The molecule has 0 spiro atoms. The Morgan fingerprint density at radius 1 is 1.03 bits per heavy atom. The van der Waals surface area contributed by atoms with Gasteiger partial charge in [0.05, 0.1) is 39.0 Å². The molecule has 186 valence electrons. The van der Waals surface area contributed by atoms with Gasteiger partial charge < -0.3 is 24.2 Å². The quantitative estimate of drug-likeness (QED) is 0.350. The van der Waals surface area contributed by atoms with Gasteiger partial charge in [-0.3, -0.25) is 14.5 Å². The predicted molar refractivity (Wildman–Crippen MR) is 127 cm³/mol. The number of methoxy groups -OCH3 is 2. The normalized spacial score (nSPS) is 20.3. The van der Waals surface area contributed by atoms with E-state index in [2.05, 4.69) is 4.90 Å². The standard InChI is InChI=1S/C26H29FN2O6/c1-33-20-9-6-18(16-21(20)34-2)23-22(24(30)17-4-7-19(27)8-5-17)25(31)26(32)29(23)11-3-10-28-12-14-35-15-13-28/h4-9,16,23,30H,3,10-15H2,1-2H3/t23-/m0/s1. The van der Waals surface area contributed by atoms with Crippen LogP contribution in [0.25, 0.3) is 5.76 Å². The lowest BCUT2D eigenvalue weighted by Crippen LogP contribution is -2.38. The summed E-state index contributed by atoms with van der Waals surface area (Å²) in [6.07, 6.45) is 0.646. The Morgan fingerprint density at radius 2 is 1.71 bits per heavy atom. The molecular weight excluding hydrogens is 455 g/mol. The van der Waals surface area contributed by atoms with Gasteiger partial charge in [0.2, 0.25) is 0 Å². The molecule has 4 rings (SSSR count). The van der Waals surface area contributed by atoms with E-state index in [1.54, 1.807) is 18.2 Å². The Kier molecular flexibility index (Phi) is 7.67. The van der Waals surface area contributed by atoms with Crippen molar-refractivity contribution >= 4 is 17.4 Å². The lowest BCUT2D eigenvalue weighted by molar-refractivity contribution is -0.140. The number of likely N-dealkylation sites (tertiary alicyclic amines) is 1. The van der Waals surface area contributed by atoms with Crippen molar-refractivity contribution < 1.29 is 33.3 Å². The van der Waals surface area contributed by atoms with Gasteiger partial charge in [-0.1, -0.05) is 6.07 Å². The molecule has 2 heterocycles. The number of hydrogen-bond donors (Lipinski definition) is 1. The predicted octanol–water partition coefficient (Wildman–Crippen LogP) is 2.99. The zero-order chi connectivity index (χ0) is 24.9. The van der Waals surface area contributed by atoms with Gasteiger partial charge in [0.1, 0.15) is 11.6 Å². The molecule has 2 aromatic rings. The molecule has 35 heavy (non-hydrogen) atoms. The fourth-order valence-electron chi connectivity index (χ4n) is 4.53. The summed E-state index contributed by atoms with van der Waals surface area (Å²) in [6.45, 7) is 4.07. The fraction of sp³-hybridized carbons (Fsp3) is 0.385. The molecule has 2 fully saturated rings. The van der Waals surface area contributed by atoms with Gasteiger partial charge in [0.15, 0.2) is 11.5 Å². The minimum Gasteiger partial charge on any atom is -0.507 e. The van der Waals surface area contributed by atoms with Gasteiger partial charge in [-0.05, 0) is 48.4 Å². The lowest BCUT2D eigenvalue weighted by atomic mass is 9.95. The van der Waals surface area contributed by atoms with Gasteiger partial charge in [0, 0.05) is 31.7 Å². The Bertz CT molecular complexity index is 1110. The van der Waals surface area contributed by atoms with E-state index in [1.165, 1.54) is 43.4 Å². The number of ketones is 1. The minimum absolute atomic E-state index is 0.0415. The number of carbonyl (C=O) groups is 2. The van der Waals surface area contributed by atoms with Crippen molar-refractivity contribution in [2.24, 2.45) is 0 Å². The first-order valence-corrected chi connectivity index (χ1v) is 11.5. The van der Waals surface area contributed by atoms with E-state index in [-0.39, 0.29) is 16.9 Å². The molecule has 0 saturated carbocycles. The molecule has 0 radical (unpaired) electrons. The van der Waals surface area contributed by atoms with Crippen LogP contribution in [0, 0.1) is 5.82 Å². The number of carbonyl (C=O) groups excluding carboxylic acids is 2. The highest BCUT2D eigenvalue weighted by molar-refractivity contribution is 6.46. The summed E-state index contributed by atoms with van der Waals surface area (Å²) in [5.41, 5.74) is 0.806. The fourth-order valence-corrected chi connectivity index (χ4v) is 4.53. The van der Waals surface area contributed by atoms with Crippen molar-refractivity contribution in [2.75, 3.05) is 53.6 Å². The highest BCUT2D eigenvalue weighted by atomic mass is 19.1. The van der Waals surface area contributed by atoms with Gasteiger partial charge in [-0.2, -0.15) is 0 Å². The molecular formula is C26H29FN2O6. The molecule has 8 nitrogen and oxygen atoms in total. The van der Waals surface area contributed by atoms with Crippen LogP contribution < -0.4 is 9.47 Å². The number of halogens is 1. The number of Topliss-reactive ketones (excluding diaryl/α,β-unsaturated/α-hetero) is 1. The number of hydrogen-bond acceptors (Lipinski definition) is 7. The Morgan fingerprint density at radius 3 is 2.37 bits per heavy atom. The SMILES string of the molecule is COc1ccc([C@H]2C(=C(O)c3ccc(F)cc3)C(=O)C(=O)N2CCCN2CCOCC2)cc1OC. The first-order valence-electron chi connectivity index (χ1n) is 11.5. The van der Waals surface area contributed by atoms with Crippen molar-refractivity contribution in [1.29, 1.82) is 0 Å². The summed E-state index contributed by atoms with van der Waals surface area (Å²) in [7, 11) is 3.02. The lowest BCUT2D eigenvalue weighted by Gasteiger charge is -2.29. The first kappa shape index (κ1) is 24.7. The number of amides is 1. The summed E-state index contributed by atoms with van der Waals surface area (Å²) >= 11 is 0. The maximum absolute atomic E-state index is 13.5. The summed E-state index contributed by atoms with van der Waals surface area (Å²) in [6, 6.07) is 9.44. The molecule has 9 heteroatoms. The number of ether oxygens (including phenoxy) is 3. The van der Waals surface area contributed by atoms with Crippen LogP contribution in [0.3, 0.4) is 0 Å². The third kappa shape index (κ3) is 5.16. The Balaban J connectivity index is 1.71. The summed E-state index contributed by atoms with van der Waals surface area (Å²) < 4.78 is 29.6. The van der Waals surface area contributed by atoms with Crippen molar-refractivity contribution in [2.45, 2.75) is 12.5 Å². The average Bonchev–Trinajstić information content (AvgIpc) is 3.14. The number of benzene rings is 2. The molecule has 2 aliphatic rings. The van der Waals surface area contributed by atoms with E-state index in [1.807, 2.05) is 0 Å². The zero-order valence-corrected chi connectivity index (χ0v) is 19.8. The molecule has 0 aliphatic carbocycles. The summed E-state index contributed by atoms with van der Waals surface area (Å²) in [5, 5.41) is 11.1. The van der Waals surface area contributed by atoms with Crippen LogP contribution in [-0.2, 0) is 14.3 Å². The van der Waals surface area contributed by atoms with Crippen molar-refractivity contribution in [3.05, 3.63) is 65.0 Å². The second kappa shape index (κ2) is 10.9. The van der Waals surface area contributed by atoms with Gasteiger partial charge in [-0.25, -0.2) is 4.39 Å². The second-order valence-corrected chi connectivity index (χ2v) is 8.42. The average molecular weight is 485 g/mol. The van der Waals surface area contributed by atoms with Gasteiger partial charge >= 0.3 is 0 Å². The van der Waals surface area contributed by atoms with Crippen molar-refractivity contribution in [1.82, 2.24) is 9.80 Å². The van der Waals surface area contributed by atoms with Crippen LogP contribution >= 0.6 is 0 Å². The van der Waals surface area contributed by atoms with Crippen LogP contribution in [-0.4, -0.2) is 80.2 Å². The van der Waals surface area contributed by atoms with Crippen LogP contribution in [0.2, 0.25) is 0 Å². The zero-order valence-electron chi connectivity index (χ0n) is 19.8. The van der Waals surface area contributed by atoms with Gasteiger partial charge in [0.25, 0.3) is 11.7 Å². The van der Waals surface area contributed by atoms with E-state index in [0.717, 1.165) is 19.6 Å². The maximum atomic E-state index is 13.5. The molecule has 2 saturated heterocycles. The van der Waals surface area contributed by atoms with E-state index >= 15 is 0 Å². The number of morpholine rings is 1. The number of nitrogens with zero attached hydrogens (tertiary/aromatic N) is 2.